The fourth-order valence-electron chi connectivity index (χ4n) is 1.59. The van der Waals surface area contributed by atoms with Crippen molar-refractivity contribution in [2.75, 3.05) is 17.1 Å². The van der Waals surface area contributed by atoms with Crippen LogP contribution in [0.2, 0.25) is 0 Å². The zero-order chi connectivity index (χ0) is 14.8. The molecule has 0 atom stereocenters. The van der Waals surface area contributed by atoms with Crippen molar-refractivity contribution in [3.8, 4) is 0 Å². The highest BCUT2D eigenvalue weighted by molar-refractivity contribution is 7.92. The lowest BCUT2D eigenvalue weighted by atomic mass is 10.4. The van der Waals surface area contributed by atoms with Crippen molar-refractivity contribution >= 4 is 21.8 Å². The van der Waals surface area contributed by atoms with E-state index < -0.39 is 10.0 Å². The van der Waals surface area contributed by atoms with Crippen molar-refractivity contribution < 1.29 is 8.42 Å². The van der Waals surface area contributed by atoms with Gasteiger partial charge >= 0.3 is 0 Å². The second kappa shape index (κ2) is 5.45. The van der Waals surface area contributed by atoms with Gasteiger partial charge in [0.2, 0.25) is 5.95 Å². The van der Waals surface area contributed by atoms with E-state index >= 15 is 0 Å². The molecule has 0 radical (unpaired) electrons. The van der Waals surface area contributed by atoms with Crippen LogP contribution in [0.5, 0.6) is 0 Å². The monoisotopic (exact) mass is 296 g/mol. The standard InChI is InChI=1S/C11H16N6O2S/c1-8(2)17-10(4-5-15-17)16-20(18,19)9-6-13-11(12-3)14-7-9/h4-8,16H,1-3H3,(H,12,13,14). The largest absolute Gasteiger partial charge is 0.357 e. The van der Waals surface area contributed by atoms with Crippen LogP contribution < -0.4 is 10.0 Å². The Morgan fingerprint density at radius 2 is 1.90 bits per heavy atom. The fourth-order valence-corrected chi connectivity index (χ4v) is 2.52. The molecule has 108 valence electrons. The SMILES string of the molecule is CNc1ncc(S(=O)(=O)Nc2ccnn2C(C)C)cn1. The molecule has 2 aromatic rings. The Labute approximate surface area is 117 Å². The predicted molar refractivity (Wildman–Crippen MR) is 75.0 cm³/mol. The number of aromatic nitrogens is 4. The van der Waals surface area contributed by atoms with Gasteiger partial charge < -0.3 is 5.32 Å². The van der Waals surface area contributed by atoms with Gasteiger partial charge in [0.15, 0.2) is 0 Å². The first-order chi connectivity index (χ1) is 9.44. The third kappa shape index (κ3) is 2.87. The molecular weight excluding hydrogens is 280 g/mol. The van der Waals surface area contributed by atoms with Gasteiger partial charge in [-0.3, -0.25) is 4.72 Å². The molecule has 0 aromatic carbocycles. The number of sulfonamides is 1. The quantitative estimate of drug-likeness (QED) is 0.856. The molecule has 0 amide bonds. The van der Waals surface area contributed by atoms with E-state index in [2.05, 4.69) is 25.1 Å². The van der Waals surface area contributed by atoms with Gasteiger partial charge in [-0.1, -0.05) is 0 Å². The lowest BCUT2D eigenvalue weighted by Crippen LogP contribution is -2.18. The third-order valence-corrected chi connectivity index (χ3v) is 3.87. The Morgan fingerprint density at radius 3 is 2.45 bits per heavy atom. The van der Waals surface area contributed by atoms with E-state index in [1.54, 1.807) is 24.0 Å². The smallest absolute Gasteiger partial charge is 0.266 e. The molecule has 0 aliphatic heterocycles. The van der Waals surface area contributed by atoms with Crippen molar-refractivity contribution in [2.45, 2.75) is 24.8 Å². The minimum atomic E-state index is -3.73. The van der Waals surface area contributed by atoms with E-state index in [0.29, 0.717) is 11.8 Å². The Hall–Kier alpha value is -2.16. The maximum atomic E-state index is 12.2. The van der Waals surface area contributed by atoms with Crippen LogP contribution in [0.15, 0.2) is 29.6 Å². The number of hydrogen-bond acceptors (Lipinski definition) is 6. The first-order valence-electron chi connectivity index (χ1n) is 6.00. The summed E-state index contributed by atoms with van der Waals surface area (Å²) < 4.78 is 28.5. The maximum Gasteiger partial charge on any atom is 0.266 e. The number of anilines is 2. The molecule has 20 heavy (non-hydrogen) atoms. The third-order valence-electron chi connectivity index (χ3n) is 2.56. The normalized spacial score (nSPS) is 11.6. The maximum absolute atomic E-state index is 12.2. The number of rotatable bonds is 5. The Bertz CT molecular complexity index is 677. The second-order valence-electron chi connectivity index (χ2n) is 4.35. The summed E-state index contributed by atoms with van der Waals surface area (Å²) in [6, 6.07) is 1.64. The first-order valence-corrected chi connectivity index (χ1v) is 7.48. The minimum absolute atomic E-state index is 0.00648. The van der Waals surface area contributed by atoms with Crippen molar-refractivity contribution in [3.05, 3.63) is 24.7 Å². The summed E-state index contributed by atoms with van der Waals surface area (Å²) in [5.74, 6) is 0.758. The zero-order valence-electron chi connectivity index (χ0n) is 11.4. The van der Waals surface area contributed by atoms with Gasteiger partial charge in [-0.05, 0) is 13.8 Å². The highest BCUT2D eigenvalue weighted by atomic mass is 32.2. The molecule has 0 bridgehead atoms. The average Bonchev–Trinajstić information content (AvgIpc) is 2.86. The molecule has 8 nitrogen and oxygen atoms in total. The van der Waals surface area contributed by atoms with Crippen molar-refractivity contribution in [1.82, 2.24) is 19.7 Å². The van der Waals surface area contributed by atoms with Crippen LogP contribution in [0, 0.1) is 0 Å². The van der Waals surface area contributed by atoms with Gasteiger partial charge in [-0.25, -0.2) is 23.1 Å². The van der Waals surface area contributed by atoms with Crippen molar-refractivity contribution in [3.63, 3.8) is 0 Å². The van der Waals surface area contributed by atoms with Gasteiger partial charge in [0.05, 0.1) is 18.6 Å². The highest BCUT2D eigenvalue weighted by Gasteiger charge is 2.18. The van der Waals surface area contributed by atoms with E-state index in [9.17, 15) is 8.42 Å². The van der Waals surface area contributed by atoms with Crippen molar-refractivity contribution in [2.24, 2.45) is 0 Å². The average molecular weight is 296 g/mol. The minimum Gasteiger partial charge on any atom is -0.357 e. The van der Waals surface area contributed by atoms with E-state index in [1.165, 1.54) is 12.4 Å². The lowest BCUT2D eigenvalue weighted by molar-refractivity contribution is 0.539. The summed E-state index contributed by atoms with van der Waals surface area (Å²) in [5.41, 5.74) is 0. The molecule has 0 unspecified atom stereocenters. The Balaban J connectivity index is 2.28. The second-order valence-corrected chi connectivity index (χ2v) is 6.04. The Kier molecular flexibility index (Phi) is 3.89. The first kappa shape index (κ1) is 14.3. The molecule has 2 aromatic heterocycles. The van der Waals surface area contributed by atoms with Gasteiger partial charge in [0, 0.05) is 19.2 Å². The summed E-state index contributed by atoms with van der Waals surface area (Å²) in [6.07, 6.45) is 4.03. The summed E-state index contributed by atoms with van der Waals surface area (Å²) in [6.45, 7) is 3.82. The molecule has 0 spiro atoms. The fraction of sp³-hybridized carbons (Fsp3) is 0.364. The van der Waals surface area contributed by atoms with Gasteiger partial charge in [-0.2, -0.15) is 5.10 Å². The molecule has 0 aliphatic carbocycles. The van der Waals surface area contributed by atoms with Crippen LogP contribution >= 0.6 is 0 Å². The van der Waals surface area contributed by atoms with Gasteiger partial charge in [0.25, 0.3) is 10.0 Å². The number of hydrogen-bond donors (Lipinski definition) is 2. The van der Waals surface area contributed by atoms with Crippen LogP contribution in [0.3, 0.4) is 0 Å². The van der Waals surface area contributed by atoms with Gasteiger partial charge in [-0.15, -0.1) is 0 Å². The molecule has 9 heteroatoms. The molecule has 0 saturated heterocycles. The highest BCUT2D eigenvalue weighted by Crippen LogP contribution is 2.18. The summed E-state index contributed by atoms with van der Waals surface area (Å²) in [7, 11) is -2.07. The van der Waals surface area contributed by atoms with Crippen LogP contribution in [-0.4, -0.2) is 35.2 Å². The van der Waals surface area contributed by atoms with E-state index in [0.717, 1.165) is 0 Å². The molecule has 0 fully saturated rings. The molecule has 0 aliphatic rings. The molecule has 2 rings (SSSR count). The predicted octanol–water partition coefficient (Wildman–Crippen LogP) is 1.10. The lowest BCUT2D eigenvalue weighted by Gasteiger charge is -2.12. The van der Waals surface area contributed by atoms with Crippen LogP contribution in [0.25, 0.3) is 0 Å². The van der Waals surface area contributed by atoms with Crippen molar-refractivity contribution in [1.29, 1.82) is 0 Å². The number of nitrogens with one attached hydrogen (secondary N) is 2. The topological polar surface area (TPSA) is 102 Å². The summed E-state index contributed by atoms with van der Waals surface area (Å²) in [4.78, 5) is 7.77. The number of nitrogens with zero attached hydrogens (tertiary/aromatic N) is 4. The summed E-state index contributed by atoms with van der Waals surface area (Å²) in [5, 5.41) is 6.79. The molecule has 2 heterocycles. The molecule has 0 saturated carbocycles. The van der Waals surface area contributed by atoms with E-state index in [-0.39, 0.29) is 10.9 Å². The van der Waals surface area contributed by atoms with E-state index in [4.69, 9.17) is 0 Å². The van der Waals surface area contributed by atoms with Crippen LogP contribution in [-0.2, 0) is 10.0 Å². The molecule has 2 N–H and O–H groups in total. The van der Waals surface area contributed by atoms with Crippen LogP contribution in [0.4, 0.5) is 11.8 Å². The van der Waals surface area contributed by atoms with E-state index in [1.807, 2.05) is 13.8 Å². The zero-order valence-corrected chi connectivity index (χ0v) is 12.2. The van der Waals surface area contributed by atoms with Gasteiger partial charge in [0.1, 0.15) is 10.7 Å². The van der Waals surface area contributed by atoms with Crippen LogP contribution in [0.1, 0.15) is 19.9 Å². The summed E-state index contributed by atoms with van der Waals surface area (Å²) >= 11 is 0. The Morgan fingerprint density at radius 1 is 1.25 bits per heavy atom. The molecular formula is C11H16N6O2S.